The van der Waals surface area contributed by atoms with Crippen molar-refractivity contribution in [2.75, 3.05) is 11.4 Å². The van der Waals surface area contributed by atoms with E-state index in [0.717, 1.165) is 0 Å². The molecule has 0 unspecified atom stereocenters. The third-order valence-corrected chi connectivity index (χ3v) is 2.51. The highest BCUT2D eigenvalue weighted by atomic mass is 16.2. The van der Waals surface area contributed by atoms with E-state index in [0.29, 0.717) is 0 Å². The van der Waals surface area contributed by atoms with Crippen molar-refractivity contribution in [3.05, 3.63) is 31.1 Å². The van der Waals surface area contributed by atoms with Crippen LogP contribution < -0.4 is 4.90 Å². The van der Waals surface area contributed by atoms with Gasteiger partial charge in [-0.15, -0.1) is 6.58 Å². The van der Waals surface area contributed by atoms with Gasteiger partial charge in [-0.2, -0.15) is 0 Å². The highest BCUT2D eigenvalue weighted by molar-refractivity contribution is 6.01. The van der Waals surface area contributed by atoms with Crippen molar-refractivity contribution in [1.82, 2.24) is 14.9 Å². The molecule has 0 aliphatic rings. The minimum atomic E-state index is -0.628. The largest absolute Gasteiger partial charge is 0.334 e. The van der Waals surface area contributed by atoms with Crippen molar-refractivity contribution < 1.29 is 9.59 Å². The highest BCUT2D eigenvalue weighted by Crippen LogP contribution is 2.18. The van der Waals surface area contributed by atoms with Crippen LogP contribution in [-0.2, 0) is 4.79 Å². The Balaban J connectivity index is 3.17. The summed E-state index contributed by atoms with van der Waals surface area (Å²) in [5.74, 6) is -0.0830. The molecule has 0 radical (unpaired) electrons. The molecule has 6 heteroatoms. The number of imide groups is 1. The lowest BCUT2D eigenvalue weighted by molar-refractivity contribution is -0.129. The molecule has 0 aliphatic heterocycles. The maximum Gasteiger partial charge on any atom is 0.334 e. The first-order chi connectivity index (χ1) is 9.29. The summed E-state index contributed by atoms with van der Waals surface area (Å²) in [6, 6.07) is 1.20. The number of nitrogens with zero attached hydrogens (tertiary/aromatic N) is 4. The van der Waals surface area contributed by atoms with Gasteiger partial charge in [0.25, 0.3) is 0 Å². The van der Waals surface area contributed by atoms with Gasteiger partial charge in [-0.25, -0.2) is 14.8 Å². The Kier molecular flexibility index (Phi) is 4.96. The van der Waals surface area contributed by atoms with Crippen LogP contribution in [0, 0.1) is 0 Å². The summed E-state index contributed by atoms with van der Waals surface area (Å²) in [5, 5.41) is 0. The predicted octanol–water partition coefficient (Wildman–Crippen LogP) is 2.24. The molecule has 108 valence electrons. The van der Waals surface area contributed by atoms with Crippen molar-refractivity contribution >= 4 is 17.9 Å². The van der Waals surface area contributed by atoms with E-state index in [4.69, 9.17) is 0 Å². The van der Waals surface area contributed by atoms with Gasteiger partial charge in [0.15, 0.2) is 0 Å². The van der Waals surface area contributed by atoms with Gasteiger partial charge in [-0.1, -0.05) is 6.08 Å². The van der Waals surface area contributed by atoms with Crippen LogP contribution in [-0.4, -0.2) is 38.9 Å². The lowest BCUT2D eigenvalue weighted by atomic mass is 10.1. The summed E-state index contributed by atoms with van der Waals surface area (Å²) in [5.41, 5.74) is -0.628. The maximum atomic E-state index is 12.6. The molecule has 0 bridgehead atoms. The van der Waals surface area contributed by atoms with E-state index in [2.05, 4.69) is 16.5 Å². The van der Waals surface area contributed by atoms with Crippen molar-refractivity contribution in [2.24, 2.45) is 0 Å². The molecule has 0 spiro atoms. The molecule has 3 amide bonds. The lowest BCUT2D eigenvalue weighted by Crippen LogP contribution is -2.54. The monoisotopic (exact) mass is 276 g/mol. The Morgan fingerprint density at radius 1 is 1.30 bits per heavy atom. The van der Waals surface area contributed by atoms with Crippen LogP contribution in [0.25, 0.3) is 0 Å². The average molecular weight is 276 g/mol. The van der Waals surface area contributed by atoms with Gasteiger partial charge >= 0.3 is 6.03 Å². The maximum absolute atomic E-state index is 12.6. The fraction of sp³-hybridized carbons (Fsp3) is 0.429. The first kappa shape index (κ1) is 15.8. The molecule has 1 aromatic heterocycles. The molecule has 1 aromatic rings. The minimum absolute atomic E-state index is 0.225. The quantitative estimate of drug-likeness (QED) is 0.794. The Morgan fingerprint density at radius 3 is 2.25 bits per heavy atom. The SMILES string of the molecule is C=CCN(C(=O)N(C(C)=O)C(C)(C)C)c1ncccn1. The van der Waals surface area contributed by atoms with Gasteiger partial charge in [0.1, 0.15) is 0 Å². The first-order valence-electron chi connectivity index (χ1n) is 6.29. The molecular weight excluding hydrogens is 256 g/mol. The molecule has 0 N–H and O–H groups in total. The van der Waals surface area contributed by atoms with E-state index in [1.807, 2.05) is 0 Å². The molecular formula is C14H20N4O2. The number of amides is 3. The number of hydrogen-bond acceptors (Lipinski definition) is 4. The molecule has 0 aliphatic carbocycles. The minimum Gasteiger partial charge on any atom is -0.275 e. The molecule has 1 heterocycles. The van der Waals surface area contributed by atoms with Crippen molar-refractivity contribution in [3.8, 4) is 0 Å². The molecule has 0 fully saturated rings. The van der Waals surface area contributed by atoms with Gasteiger partial charge in [0.05, 0.1) is 0 Å². The third-order valence-electron chi connectivity index (χ3n) is 2.51. The first-order valence-corrected chi connectivity index (χ1v) is 6.29. The summed E-state index contributed by atoms with van der Waals surface area (Å²) in [4.78, 5) is 35.0. The van der Waals surface area contributed by atoms with E-state index >= 15 is 0 Å². The topological polar surface area (TPSA) is 66.4 Å². The zero-order valence-corrected chi connectivity index (χ0v) is 12.3. The number of carbonyl (C=O) groups is 2. The van der Waals surface area contributed by atoms with E-state index in [-0.39, 0.29) is 18.4 Å². The molecule has 20 heavy (non-hydrogen) atoms. The zero-order valence-electron chi connectivity index (χ0n) is 12.3. The third kappa shape index (κ3) is 3.63. The number of hydrogen-bond donors (Lipinski definition) is 0. The number of urea groups is 1. The number of rotatable bonds is 3. The second-order valence-electron chi connectivity index (χ2n) is 5.26. The molecule has 0 saturated heterocycles. The predicted molar refractivity (Wildman–Crippen MR) is 77.2 cm³/mol. The Bertz CT molecular complexity index is 494. The van der Waals surface area contributed by atoms with Crippen molar-refractivity contribution in [2.45, 2.75) is 33.2 Å². The van der Waals surface area contributed by atoms with Crippen LogP contribution in [0.1, 0.15) is 27.7 Å². The summed E-state index contributed by atoms with van der Waals surface area (Å²) >= 11 is 0. The molecule has 0 aromatic carbocycles. The summed E-state index contributed by atoms with van der Waals surface area (Å²) in [6.07, 6.45) is 4.65. The molecule has 6 nitrogen and oxygen atoms in total. The van der Waals surface area contributed by atoms with Crippen LogP contribution >= 0.6 is 0 Å². The van der Waals surface area contributed by atoms with Crippen molar-refractivity contribution in [3.63, 3.8) is 0 Å². The number of anilines is 1. The second kappa shape index (κ2) is 6.27. The Labute approximate surface area is 119 Å². The molecule has 1 rings (SSSR count). The van der Waals surface area contributed by atoms with Gasteiger partial charge in [-0.3, -0.25) is 14.6 Å². The van der Waals surface area contributed by atoms with Crippen LogP contribution in [0.4, 0.5) is 10.7 Å². The van der Waals surface area contributed by atoms with Gasteiger partial charge in [0, 0.05) is 31.4 Å². The summed E-state index contributed by atoms with van der Waals surface area (Å²) in [7, 11) is 0. The molecule has 0 atom stereocenters. The number of aromatic nitrogens is 2. The van der Waals surface area contributed by atoms with E-state index in [9.17, 15) is 9.59 Å². The second-order valence-corrected chi connectivity index (χ2v) is 5.26. The number of carbonyl (C=O) groups excluding carboxylic acids is 2. The zero-order chi connectivity index (χ0) is 15.3. The smallest absolute Gasteiger partial charge is 0.275 e. The standard InChI is InChI=1S/C14H20N4O2/c1-6-10-17(12-15-8-7-9-16-12)13(20)18(11(2)19)14(3,4)5/h6-9H,1,10H2,2-5H3. The van der Waals surface area contributed by atoms with Crippen LogP contribution in [0.2, 0.25) is 0 Å². The van der Waals surface area contributed by atoms with Crippen molar-refractivity contribution in [1.29, 1.82) is 0 Å². The van der Waals surface area contributed by atoms with Gasteiger partial charge < -0.3 is 0 Å². The average Bonchev–Trinajstić information content (AvgIpc) is 2.34. The normalized spacial score (nSPS) is 10.8. The fourth-order valence-electron chi connectivity index (χ4n) is 1.82. The van der Waals surface area contributed by atoms with Crippen LogP contribution in [0.15, 0.2) is 31.1 Å². The van der Waals surface area contributed by atoms with E-state index < -0.39 is 11.6 Å². The molecule has 0 saturated carbocycles. The van der Waals surface area contributed by atoms with Crippen LogP contribution in [0.3, 0.4) is 0 Å². The highest BCUT2D eigenvalue weighted by Gasteiger charge is 2.34. The Morgan fingerprint density at radius 2 is 1.85 bits per heavy atom. The van der Waals surface area contributed by atoms with Gasteiger partial charge in [0.2, 0.25) is 11.9 Å². The van der Waals surface area contributed by atoms with Gasteiger partial charge in [-0.05, 0) is 26.8 Å². The van der Waals surface area contributed by atoms with E-state index in [1.165, 1.54) is 16.7 Å². The van der Waals surface area contributed by atoms with E-state index in [1.54, 1.807) is 45.3 Å². The summed E-state index contributed by atoms with van der Waals surface area (Å²) < 4.78 is 0. The lowest BCUT2D eigenvalue weighted by Gasteiger charge is -2.36. The Hall–Kier alpha value is -2.24. The summed E-state index contributed by atoms with van der Waals surface area (Å²) in [6.45, 7) is 10.6. The van der Waals surface area contributed by atoms with Crippen LogP contribution in [0.5, 0.6) is 0 Å². The fourth-order valence-corrected chi connectivity index (χ4v) is 1.82.